The van der Waals surface area contributed by atoms with Crippen LogP contribution in [-0.2, 0) is 4.79 Å². The van der Waals surface area contributed by atoms with Gasteiger partial charge in [-0.1, -0.05) is 35.3 Å². The first kappa shape index (κ1) is 15.2. The highest BCUT2D eigenvalue weighted by molar-refractivity contribution is 6.32. The summed E-state index contributed by atoms with van der Waals surface area (Å²) in [5.74, 6) is 0.423. The van der Waals surface area contributed by atoms with Crippen molar-refractivity contribution >= 4 is 34.8 Å². The van der Waals surface area contributed by atoms with Gasteiger partial charge in [0.25, 0.3) is 0 Å². The number of halogens is 2. The minimum absolute atomic E-state index is 0.138. The SMILES string of the molecule is COc1ccc(N2C(=O)[C@@H](N)[C@H]2c2ccc(Cl)cc2)cc1Cl. The van der Waals surface area contributed by atoms with Crippen molar-refractivity contribution in [2.24, 2.45) is 5.73 Å². The molecule has 22 heavy (non-hydrogen) atoms. The maximum Gasteiger partial charge on any atom is 0.247 e. The standard InChI is InChI=1S/C16H14Cl2N2O2/c1-22-13-7-6-11(8-12(13)18)20-15(14(19)16(20)21)9-2-4-10(17)5-3-9/h2-8,14-15H,19H2,1H3/t14-,15+/m0/s1. The van der Waals surface area contributed by atoms with Crippen LogP contribution >= 0.6 is 23.2 Å². The van der Waals surface area contributed by atoms with Crippen LogP contribution in [0.25, 0.3) is 0 Å². The molecule has 4 nitrogen and oxygen atoms in total. The quantitative estimate of drug-likeness (QED) is 0.873. The molecule has 2 aromatic carbocycles. The second-order valence-corrected chi connectivity index (χ2v) is 5.89. The molecule has 114 valence electrons. The molecule has 1 amide bonds. The smallest absolute Gasteiger partial charge is 0.247 e. The number of carbonyl (C=O) groups is 1. The van der Waals surface area contributed by atoms with Gasteiger partial charge in [0.1, 0.15) is 11.8 Å². The number of rotatable bonds is 3. The highest BCUT2D eigenvalue weighted by Crippen LogP contribution is 2.40. The molecule has 2 N–H and O–H groups in total. The molecule has 2 aromatic rings. The Kier molecular flexibility index (Phi) is 4.00. The highest BCUT2D eigenvalue weighted by Gasteiger charge is 2.46. The summed E-state index contributed by atoms with van der Waals surface area (Å²) < 4.78 is 5.13. The van der Waals surface area contributed by atoms with Gasteiger partial charge in [-0.05, 0) is 35.9 Å². The first-order valence-corrected chi connectivity index (χ1v) is 7.46. The lowest BCUT2D eigenvalue weighted by molar-refractivity contribution is -0.126. The number of benzene rings is 2. The lowest BCUT2D eigenvalue weighted by atomic mass is 9.88. The number of β-lactam (4-membered cyclic amide) rings is 1. The van der Waals surface area contributed by atoms with Gasteiger partial charge in [-0.3, -0.25) is 4.79 Å². The van der Waals surface area contributed by atoms with Crippen LogP contribution in [0, 0.1) is 0 Å². The monoisotopic (exact) mass is 336 g/mol. The van der Waals surface area contributed by atoms with E-state index in [-0.39, 0.29) is 11.9 Å². The average molecular weight is 337 g/mol. The second kappa shape index (κ2) is 5.80. The summed E-state index contributed by atoms with van der Waals surface area (Å²) >= 11 is 12.0. The third kappa shape index (κ3) is 2.43. The van der Waals surface area contributed by atoms with Gasteiger partial charge in [0.2, 0.25) is 5.91 Å². The first-order chi connectivity index (χ1) is 10.5. The summed E-state index contributed by atoms with van der Waals surface area (Å²) in [4.78, 5) is 13.8. The Balaban J connectivity index is 1.96. The van der Waals surface area contributed by atoms with Crippen LogP contribution in [0.4, 0.5) is 5.69 Å². The Morgan fingerprint density at radius 2 is 1.82 bits per heavy atom. The third-order valence-electron chi connectivity index (χ3n) is 3.77. The van der Waals surface area contributed by atoms with Crippen LogP contribution in [0.3, 0.4) is 0 Å². The highest BCUT2D eigenvalue weighted by atomic mass is 35.5. The summed E-state index contributed by atoms with van der Waals surface area (Å²) in [6, 6.07) is 11.7. The maximum atomic E-state index is 12.2. The van der Waals surface area contributed by atoms with Gasteiger partial charge < -0.3 is 15.4 Å². The second-order valence-electron chi connectivity index (χ2n) is 5.05. The van der Waals surface area contributed by atoms with Crippen LogP contribution in [-0.4, -0.2) is 19.1 Å². The van der Waals surface area contributed by atoms with Gasteiger partial charge >= 0.3 is 0 Å². The number of carbonyl (C=O) groups excluding carboxylic acids is 1. The molecule has 0 radical (unpaired) electrons. The Morgan fingerprint density at radius 1 is 1.14 bits per heavy atom. The fraction of sp³-hybridized carbons (Fsp3) is 0.188. The van der Waals surface area contributed by atoms with E-state index in [2.05, 4.69) is 0 Å². The summed E-state index contributed by atoms with van der Waals surface area (Å²) in [5.41, 5.74) is 7.60. The van der Waals surface area contributed by atoms with Gasteiger partial charge in [-0.15, -0.1) is 0 Å². The zero-order valence-corrected chi connectivity index (χ0v) is 13.3. The van der Waals surface area contributed by atoms with Crippen molar-refractivity contribution in [3.05, 3.63) is 58.1 Å². The van der Waals surface area contributed by atoms with Crippen LogP contribution in [0.15, 0.2) is 42.5 Å². The number of hydrogen-bond donors (Lipinski definition) is 1. The van der Waals surface area contributed by atoms with E-state index in [1.807, 2.05) is 12.1 Å². The van der Waals surface area contributed by atoms with E-state index < -0.39 is 6.04 Å². The largest absolute Gasteiger partial charge is 0.495 e. The van der Waals surface area contributed by atoms with Gasteiger partial charge in [0, 0.05) is 10.7 Å². The number of anilines is 1. The summed E-state index contributed by atoms with van der Waals surface area (Å²) in [6.45, 7) is 0. The molecule has 1 heterocycles. The van der Waals surface area contributed by atoms with Crippen LogP contribution < -0.4 is 15.4 Å². The van der Waals surface area contributed by atoms with Crippen LogP contribution in [0.5, 0.6) is 5.75 Å². The predicted octanol–water partition coefficient (Wildman–Crippen LogP) is 3.42. The van der Waals surface area contributed by atoms with E-state index in [0.29, 0.717) is 21.5 Å². The average Bonchev–Trinajstić information content (AvgIpc) is 2.52. The molecule has 3 rings (SSSR count). The van der Waals surface area contributed by atoms with Gasteiger partial charge in [0.15, 0.2) is 0 Å². The van der Waals surface area contributed by atoms with Gasteiger partial charge in [-0.25, -0.2) is 0 Å². The lowest BCUT2D eigenvalue weighted by Gasteiger charge is -2.45. The minimum atomic E-state index is -0.568. The van der Waals surface area contributed by atoms with Crippen molar-refractivity contribution in [3.8, 4) is 5.75 Å². The number of nitrogens with two attached hydrogens (primary N) is 1. The molecule has 1 aliphatic rings. The van der Waals surface area contributed by atoms with Crippen LogP contribution in [0.2, 0.25) is 10.0 Å². The Hall–Kier alpha value is -1.75. The molecule has 0 unspecified atom stereocenters. The molecule has 0 aromatic heterocycles. The third-order valence-corrected chi connectivity index (χ3v) is 4.31. The lowest BCUT2D eigenvalue weighted by Crippen LogP contribution is -2.63. The molecular weight excluding hydrogens is 323 g/mol. The fourth-order valence-corrected chi connectivity index (χ4v) is 3.00. The van der Waals surface area contributed by atoms with Crippen molar-refractivity contribution in [3.63, 3.8) is 0 Å². The van der Waals surface area contributed by atoms with Crippen molar-refractivity contribution in [1.82, 2.24) is 0 Å². The number of methoxy groups -OCH3 is 1. The van der Waals surface area contributed by atoms with Crippen molar-refractivity contribution in [2.75, 3.05) is 12.0 Å². The van der Waals surface area contributed by atoms with Crippen molar-refractivity contribution in [1.29, 1.82) is 0 Å². The van der Waals surface area contributed by atoms with E-state index in [4.69, 9.17) is 33.7 Å². The molecule has 0 aliphatic carbocycles. The van der Waals surface area contributed by atoms with E-state index in [9.17, 15) is 4.79 Å². The Labute approximate surface area is 138 Å². The molecule has 1 saturated heterocycles. The number of amides is 1. The Morgan fingerprint density at radius 3 is 2.41 bits per heavy atom. The normalized spacial score (nSPS) is 20.7. The number of nitrogens with zero attached hydrogens (tertiary/aromatic N) is 1. The summed E-state index contributed by atoms with van der Waals surface area (Å²) in [7, 11) is 1.54. The first-order valence-electron chi connectivity index (χ1n) is 6.70. The van der Waals surface area contributed by atoms with E-state index in [1.54, 1.807) is 42.3 Å². The number of hydrogen-bond acceptors (Lipinski definition) is 3. The van der Waals surface area contributed by atoms with E-state index in [0.717, 1.165) is 5.56 Å². The minimum Gasteiger partial charge on any atom is -0.495 e. The van der Waals surface area contributed by atoms with Gasteiger partial charge in [-0.2, -0.15) is 0 Å². The maximum absolute atomic E-state index is 12.2. The molecule has 0 saturated carbocycles. The topological polar surface area (TPSA) is 55.6 Å². The zero-order valence-electron chi connectivity index (χ0n) is 11.8. The molecule has 1 fully saturated rings. The molecule has 2 atom stereocenters. The van der Waals surface area contributed by atoms with Crippen molar-refractivity contribution < 1.29 is 9.53 Å². The summed E-state index contributed by atoms with van der Waals surface area (Å²) in [6.07, 6.45) is 0. The van der Waals surface area contributed by atoms with Gasteiger partial charge in [0.05, 0.1) is 18.2 Å². The molecule has 6 heteroatoms. The summed E-state index contributed by atoms with van der Waals surface area (Å²) in [5, 5.41) is 1.09. The molecular formula is C16H14Cl2N2O2. The number of ether oxygens (including phenoxy) is 1. The van der Waals surface area contributed by atoms with Crippen molar-refractivity contribution in [2.45, 2.75) is 12.1 Å². The molecule has 0 bridgehead atoms. The van der Waals surface area contributed by atoms with Crippen LogP contribution in [0.1, 0.15) is 11.6 Å². The predicted molar refractivity (Wildman–Crippen MR) is 87.7 cm³/mol. The fourth-order valence-electron chi connectivity index (χ4n) is 2.62. The molecule has 0 spiro atoms. The molecule has 1 aliphatic heterocycles. The zero-order chi connectivity index (χ0) is 15.9. The Bertz CT molecular complexity index is 719. The van der Waals surface area contributed by atoms with E-state index in [1.165, 1.54) is 0 Å². The van der Waals surface area contributed by atoms with E-state index >= 15 is 0 Å².